The van der Waals surface area contributed by atoms with Crippen LogP contribution in [0.4, 0.5) is 5.82 Å². The second-order valence-corrected chi connectivity index (χ2v) is 4.05. The molecular weight excluding hydrogens is 246 g/mol. The van der Waals surface area contributed by atoms with Gasteiger partial charge < -0.3 is 11.1 Å². The van der Waals surface area contributed by atoms with Crippen molar-refractivity contribution in [2.24, 2.45) is 5.73 Å². The highest BCUT2D eigenvalue weighted by Crippen LogP contribution is 2.07. The normalized spacial score (nSPS) is 9.78. The molecule has 1 heterocycles. The number of carbonyl (C=O) groups is 1. The molecule has 90 valence electrons. The molecule has 0 unspecified atom stereocenters. The topological polar surface area (TPSA) is 68.0 Å². The lowest BCUT2D eigenvalue weighted by atomic mass is 10.1. The fourth-order valence-corrected chi connectivity index (χ4v) is 1.55. The fraction of sp³-hybridized carbons (Fsp3) is 0. The Bertz CT molecular complexity index is 567. The van der Waals surface area contributed by atoms with E-state index in [1.807, 2.05) is 0 Å². The first-order valence-corrected chi connectivity index (χ1v) is 5.70. The monoisotopic (exact) mass is 257 g/mol. The highest BCUT2D eigenvalue weighted by Gasteiger charge is 2.06. The molecular formula is C13H11N3OS. The minimum atomic E-state index is -0.219. The third-order valence-electron chi connectivity index (χ3n) is 2.34. The van der Waals surface area contributed by atoms with Crippen molar-refractivity contribution >= 4 is 28.9 Å². The molecule has 3 N–H and O–H groups in total. The summed E-state index contributed by atoms with van der Waals surface area (Å²) in [5, 5.41) is 2.69. The quantitative estimate of drug-likeness (QED) is 0.825. The molecule has 0 aliphatic carbocycles. The van der Waals surface area contributed by atoms with Crippen molar-refractivity contribution in [1.82, 2.24) is 4.98 Å². The maximum atomic E-state index is 11.9. The molecule has 0 aliphatic rings. The van der Waals surface area contributed by atoms with Crippen molar-refractivity contribution in [3.05, 3.63) is 59.8 Å². The fourth-order valence-electron chi connectivity index (χ4n) is 1.41. The molecule has 0 aliphatic heterocycles. The number of benzene rings is 1. The van der Waals surface area contributed by atoms with E-state index in [2.05, 4.69) is 10.3 Å². The zero-order chi connectivity index (χ0) is 13.0. The standard InChI is InChI=1S/C13H11N3OS/c14-12(18)9-4-6-10(7-5-9)13(17)16-11-3-1-2-8-15-11/h1-8H,(H2,14,18)(H,15,16,17). The Labute approximate surface area is 110 Å². The second-order valence-electron chi connectivity index (χ2n) is 3.61. The number of thiocarbonyl (C=S) groups is 1. The lowest BCUT2D eigenvalue weighted by Crippen LogP contribution is -2.14. The predicted octanol–water partition coefficient (Wildman–Crippen LogP) is 1.97. The van der Waals surface area contributed by atoms with Gasteiger partial charge in [-0.1, -0.05) is 30.4 Å². The van der Waals surface area contributed by atoms with E-state index >= 15 is 0 Å². The lowest BCUT2D eigenvalue weighted by molar-refractivity contribution is 0.102. The molecule has 0 spiro atoms. The maximum absolute atomic E-state index is 11.9. The van der Waals surface area contributed by atoms with Gasteiger partial charge in [0, 0.05) is 17.3 Å². The van der Waals surface area contributed by atoms with Gasteiger partial charge in [0.2, 0.25) is 0 Å². The number of anilines is 1. The van der Waals surface area contributed by atoms with Crippen LogP contribution in [0.25, 0.3) is 0 Å². The van der Waals surface area contributed by atoms with Crippen LogP contribution in [0, 0.1) is 0 Å². The Balaban J connectivity index is 2.12. The highest BCUT2D eigenvalue weighted by molar-refractivity contribution is 7.80. The number of nitrogens with zero attached hydrogens (tertiary/aromatic N) is 1. The second kappa shape index (κ2) is 5.37. The number of hydrogen-bond donors (Lipinski definition) is 2. The van der Waals surface area contributed by atoms with E-state index in [4.69, 9.17) is 18.0 Å². The van der Waals surface area contributed by atoms with Gasteiger partial charge in [0.15, 0.2) is 0 Å². The van der Waals surface area contributed by atoms with E-state index in [9.17, 15) is 4.79 Å². The minimum absolute atomic E-state index is 0.219. The number of amides is 1. The maximum Gasteiger partial charge on any atom is 0.256 e. The molecule has 0 saturated carbocycles. The van der Waals surface area contributed by atoms with Crippen LogP contribution in [0.3, 0.4) is 0 Å². The molecule has 0 radical (unpaired) electrons. The number of pyridine rings is 1. The van der Waals surface area contributed by atoms with Crippen LogP contribution in [-0.4, -0.2) is 15.9 Å². The first-order chi connectivity index (χ1) is 8.66. The van der Waals surface area contributed by atoms with Crippen LogP contribution in [0.5, 0.6) is 0 Å². The van der Waals surface area contributed by atoms with Crippen LogP contribution in [0.15, 0.2) is 48.7 Å². The molecule has 2 aromatic rings. The zero-order valence-corrected chi connectivity index (χ0v) is 10.3. The molecule has 0 bridgehead atoms. The van der Waals surface area contributed by atoms with E-state index in [0.717, 1.165) is 5.56 Å². The smallest absolute Gasteiger partial charge is 0.256 e. The third kappa shape index (κ3) is 2.89. The summed E-state index contributed by atoms with van der Waals surface area (Å²) in [5.74, 6) is 0.295. The number of nitrogens with one attached hydrogen (secondary N) is 1. The van der Waals surface area contributed by atoms with Gasteiger partial charge in [-0.25, -0.2) is 4.98 Å². The van der Waals surface area contributed by atoms with Crippen molar-refractivity contribution in [3.8, 4) is 0 Å². The Morgan fingerprint density at radius 2 is 1.78 bits per heavy atom. The predicted molar refractivity (Wildman–Crippen MR) is 74.5 cm³/mol. The summed E-state index contributed by atoms with van der Waals surface area (Å²) < 4.78 is 0. The molecule has 4 nitrogen and oxygen atoms in total. The lowest BCUT2D eigenvalue weighted by Gasteiger charge is -2.04. The summed E-state index contributed by atoms with van der Waals surface area (Å²) in [5.41, 5.74) is 6.75. The average molecular weight is 257 g/mol. The van der Waals surface area contributed by atoms with Gasteiger partial charge >= 0.3 is 0 Å². The van der Waals surface area contributed by atoms with Gasteiger partial charge in [0.25, 0.3) is 5.91 Å². The molecule has 0 atom stereocenters. The van der Waals surface area contributed by atoms with Gasteiger partial charge in [0.05, 0.1) is 0 Å². The van der Waals surface area contributed by atoms with Gasteiger partial charge in [0.1, 0.15) is 10.8 Å². The average Bonchev–Trinajstić information content (AvgIpc) is 2.40. The number of nitrogens with two attached hydrogens (primary N) is 1. The molecule has 18 heavy (non-hydrogen) atoms. The Morgan fingerprint density at radius 3 is 2.33 bits per heavy atom. The Morgan fingerprint density at radius 1 is 1.11 bits per heavy atom. The van der Waals surface area contributed by atoms with Crippen molar-refractivity contribution in [3.63, 3.8) is 0 Å². The van der Waals surface area contributed by atoms with E-state index in [1.54, 1.807) is 48.7 Å². The number of carbonyl (C=O) groups excluding carboxylic acids is 1. The van der Waals surface area contributed by atoms with Crippen LogP contribution in [-0.2, 0) is 0 Å². The van der Waals surface area contributed by atoms with Crippen molar-refractivity contribution < 1.29 is 4.79 Å². The number of rotatable bonds is 3. The number of aromatic nitrogens is 1. The van der Waals surface area contributed by atoms with E-state index in [0.29, 0.717) is 16.4 Å². The summed E-state index contributed by atoms with van der Waals surface area (Å²) >= 11 is 4.84. The van der Waals surface area contributed by atoms with E-state index < -0.39 is 0 Å². The number of hydrogen-bond acceptors (Lipinski definition) is 3. The molecule has 1 amide bonds. The van der Waals surface area contributed by atoms with Crippen molar-refractivity contribution in [2.45, 2.75) is 0 Å². The molecule has 0 saturated heterocycles. The molecule has 5 heteroatoms. The van der Waals surface area contributed by atoms with Crippen LogP contribution in [0.1, 0.15) is 15.9 Å². The zero-order valence-electron chi connectivity index (χ0n) is 9.46. The van der Waals surface area contributed by atoms with Crippen molar-refractivity contribution in [2.75, 3.05) is 5.32 Å². The van der Waals surface area contributed by atoms with Gasteiger partial charge in [-0.05, 0) is 24.3 Å². The summed E-state index contributed by atoms with van der Waals surface area (Å²) in [6.07, 6.45) is 1.62. The first-order valence-electron chi connectivity index (χ1n) is 5.29. The first kappa shape index (κ1) is 12.2. The van der Waals surface area contributed by atoms with Gasteiger partial charge in [-0.15, -0.1) is 0 Å². The Hall–Kier alpha value is -2.27. The van der Waals surface area contributed by atoms with Crippen molar-refractivity contribution in [1.29, 1.82) is 0 Å². The Kier molecular flexibility index (Phi) is 3.64. The van der Waals surface area contributed by atoms with Gasteiger partial charge in [-0.2, -0.15) is 0 Å². The molecule has 1 aromatic heterocycles. The van der Waals surface area contributed by atoms with E-state index in [1.165, 1.54) is 0 Å². The molecule has 2 rings (SSSR count). The summed E-state index contributed by atoms with van der Waals surface area (Å²) in [6, 6.07) is 12.1. The van der Waals surface area contributed by atoms with E-state index in [-0.39, 0.29) is 5.91 Å². The third-order valence-corrected chi connectivity index (χ3v) is 2.57. The van der Waals surface area contributed by atoms with Crippen LogP contribution >= 0.6 is 12.2 Å². The summed E-state index contributed by atoms with van der Waals surface area (Å²) in [4.78, 5) is 16.2. The van der Waals surface area contributed by atoms with Crippen LogP contribution in [0.2, 0.25) is 0 Å². The van der Waals surface area contributed by atoms with Gasteiger partial charge in [-0.3, -0.25) is 4.79 Å². The molecule has 0 fully saturated rings. The van der Waals surface area contributed by atoms with Crippen LogP contribution < -0.4 is 11.1 Å². The SMILES string of the molecule is NC(=S)c1ccc(C(=O)Nc2ccccn2)cc1. The summed E-state index contributed by atoms with van der Waals surface area (Å²) in [7, 11) is 0. The molecule has 1 aromatic carbocycles. The largest absolute Gasteiger partial charge is 0.389 e. The summed E-state index contributed by atoms with van der Waals surface area (Å²) in [6.45, 7) is 0. The minimum Gasteiger partial charge on any atom is -0.389 e. The highest BCUT2D eigenvalue weighted by atomic mass is 32.1.